The minimum atomic E-state index is -0.364. The van der Waals surface area contributed by atoms with Gasteiger partial charge < -0.3 is 14.3 Å². The van der Waals surface area contributed by atoms with Crippen molar-refractivity contribution in [3.63, 3.8) is 0 Å². The van der Waals surface area contributed by atoms with Crippen LogP contribution in [0.1, 0.15) is 46.1 Å². The van der Waals surface area contributed by atoms with E-state index >= 15 is 0 Å². The van der Waals surface area contributed by atoms with Gasteiger partial charge in [-0.2, -0.15) is 0 Å². The maximum Gasteiger partial charge on any atom is 0.306 e. The molecule has 0 saturated heterocycles. The van der Waals surface area contributed by atoms with Crippen molar-refractivity contribution < 1.29 is 19.1 Å². The highest BCUT2D eigenvalue weighted by atomic mass is 16.6. The molecule has 4 heteroatoms. The van der Waals surface area contributed by atoms with E-state index < -0.39 is 0 Å². The highest BCUT2D eigenvalue weighted by molar-refractivity contribution is 5.80. The molecule has 1 aromatic carbocycles. The van der Waals surface area contributed by atoms with Gasteiger partial charge in [-0.15, -0.1) is 0 Å². The molecule has 1 rings (SSSR count). The number of ketones is 1. The molecule has 0 aromatic heterocycles. The summed E-state index contributed by atoms with van der Waals surface area (Å²) in [6, 6.07) is 7.90. The van der Waals surface area contributed by atoms with Gasteiger partial charge in [-0.3, -0.25) is 4.79 Å². The molecule has 0 aliphatic rings. The Hall–Kier alpha value is -1.84. The molecular weight excluding hydrogens is 268 g/mol. The Morgan fingerprint density at radius 3 is 2.14 bits per heavy atom. The average molecular weight is 292 g/mol. The molecular formula is C17H24O4. The van der Waals surface area contributed by atoms with E-state index in [0.29, 0.717) is 6.61 Å². The maximum absolute atomic E-state index is 11.3. The van der Waals surface area contributed by atoms with E-state index in [2.05, 4.69) is 20.8 Å². The molecule has 0 bridgehead atoms. The third-order valence-electron chi connectivity index (χ3n) is 3.02. The second-order valence-corrected chi connectivity index (χ2v) is 6.05. The number of benzene rings is 1. The number of ether oxygens (including phenoxy) is 2. The third kappa shape index (κ3) is 6.93. The molecule has 0 radical (unpaired) electrons. The van der Waals surface area contributed by atoms with Crippen LogP contribution in [0.25, 0.3) is 0 Å². The molecule has 0 aliphatic carbocycles. The Morgan fingerprint density at radius 1 is 1.00 bits per heavy atom. The van der Waals surface area contributed by atoms with E-state index in [9.17, 15) is 9.59 Å². The van der Waals surface area contributed by atoms with E-state index in [1.807, 2.05) is 24.3 Å². The van der Waals surface area contributed by atoms with Crippen LogP contribution in [-0.2, 0) is 19.7 Å². The van der Waals surface area contributed by atoms with Crippen molar-refractivity contribution in [1.29, 1.82) is 0 Å². The van der Waals surface area contributed by atoms with Crippen molar-refractivity contribution in [3.8, 4) is 5.75 Å². The summed E-state index contributed by atoms with van der Waals surface area (Å²) in [4.78, 5) is 22.0. The average Bonchev–Trinajstić information content (AvgIpc) is 2.41. The minimum absolute atomic E-state index is 0.0119. The van der Waals surface area contributed by atoms with Crippen molar-refractivity contribution in [3.05, 3.63) is 29.8 Å². The summed E-state index contributed by atoms with van der Waals surface area (Å²) in [6.45, 7) is 8.42. The fourth-order valence-corrected chi connectivity index (χ4v) is 1.72. The van der Waals surface area contributed by atoms with E-state index in [-0.39, 0.29) is 36.6 Å². The first-order chi connectivity index (χ1) is 9.79. The number of hydrogen-bond donors (Lipinski definition) is 0. The summed E-state index contributed by atoms with van der Waals surface area (Å²) in [5, 5.41) is 0. The monoisotopic (exact) mass is 292 g/mol. The summed E-state index contributed by atoms with van der Waals surface area (Å²) in [5.41, 5.74) is 1.36. The molecule has 4 nitrogen and oxygen atoms in total. The zero-order valence-corrected chi connectivity index (χ0v) is 13.3. The van der Waals surface area contributed by atoms with Crippen LogP contribution >= 0.6 is 0 Å². The lowest BCUT2D eigenvalue weighted by Gasteiger charge is -2.19. The summed E-state index contributed by atoms with van der Waals surface area (Å²) in [6.07, 6.45) is 0.365. The highest BCUT2D eigenvalue weighted by Crippen LogP contribution is 2.24. The molecule has 1 aromatic rings. The van der Waals surface area contributed by atoms with Crippen LogP contribution in [0, 0.1) is 0 Å². The van der Waals surface area contributed by atoms with E-state index in [1.165, 1.54) is 12.5 Å². The van der Waals surface area contributed by atoms with Gasteiger partial charge in [0.05, 0.1) is 6.42 Å². The van der Waals surface area contributed by atoms with E-state index in [1.54, 1.807) is 0 Å². The number of Topliss-reactive ketones (excluding diaryl/α,β-unsaturated/α-hetero) is 1. The molecule has 116 valence electrons. The lowest BCUT2D eigenvalue weighted by molar-refractivity contribution is -0.145. The summed E-state index contributed by atoms with van der Waals surface area (Å²) in [7, 11) is 0. The van der Waals surface area contributed by atoms with Gasteiger partial charge in [0, 0.05) is 6.42 Å². The van der Waals surface area contributed by atoms with Crippen LogP contribution in [-0.4, -0.2) is 25.0 Å². The molecule has 0 saturated carbocycles. The Labute approximate surface area is 126 Å². The predicted molar refractivity (Wildman–Crippen MR) is 81.5 cm³/mol. The van der Waals surface area contributed by atoms with Crippen molar-refractivity contribution >= 4 is 11.8 Å². The maximum atomic E-state index is 11.3. The second kappa shape index (κ2) is 7.81. The quantitative estimate of drug-likeness (QED) is 0.571. The first-order valence-corrected chi connectivity index (χ1v) is 7.17. The van der Waals surface area contributed by atoms with Crippen molar-refractivity contribution in [1.82, 2.24) is 0 Å². The van der Waals surface area contributed by atoms with Gasteiger partial charge in [-0.25, -0.2) is 0 Å². The SMILES string of the molecule is CC(=O)CCC(=O)OCCOc1ccc(C(C)(C)C)cc1. The lowest BCUT2D eigenvalue weighted by Crippen LogP contribution is -2.13. The number of carbonyl (C=O) groups is 2. The molecule has 0 unspecified atom stereocenters. The van der Waals surface area contributed by atoms with Crippen LogP contribution in [0.2, 0.25) is 0 Å². The molecule has 0 amide bonds. The first-order valence-electron chi connectivity index (χ1n) is 7.17. The zero-order valence-electron chi connectivity index (χ0n) is 13.3. The van der Waals surface area contributed by atoms with Gasteiger partial charge in [-0.1, -0.05) is 32.9 Å². The van der Waals surface area contributed by atoms with Gasteiger partial charge >= 0.3 is 5.97 Å². The Balaban J connectivity index is 2.27. The molecule has 21 heavy (non-hydrogen) atoms. The fourth-order valence-electron chi connectivity index (χ4n) is 1.72. The van der Waals surface area contributed by atoms with Gasteiger partial charge in [-0.05, 0) is 30.0 Å². The second-order valence-electron chi connectivity index (χ2n) is 6.05. The molecule has 0 fully saturated rings. The van der Waals surface area contributed by atoms with Crippen molar-refractivity contribution in [2.75, 3.05) is 13.2 Å². The zero-order chi connectivity index (χ0) is 15.9. The fraction of sp³-hybridized carbons (Fsp3) is 0.529. The lowest BCUT2D eigenvalue weighted by atomic mass is 9.87. The normalized spacial score (nSPS) is 11.0. The number of hydrogen-bond acceptors (Lipinski definition) is 4. The summed E-state index contributed by atoms with van der Waals surface area (Å²) >= 11 is 0. The van der Waals surface area contributed by atoms with Crippen molar-refractivity contribution in [2.24, 2.45) is 0 Å². The molecule has 0 heterocycles. The number of esters is 1. The van der Waals surface area contributed by atoms with E-state index in [0.717, 1.165) is 5.75 Å². The first kappa shape index (κ1) is 17.2. The largest absolute Gasteiger partial charge is 0.490 e. The predicted octanol–water partition coefficient (Wildman–Crippen LogP) is 3.28. The Bertz CT molecular complexity index is 469. The Morgan fingerprint density at radius 2 is 1.62 bits per heavy atom. The van der Waals surface area contributed by atoms with Gasteiger partial charge in [0.1, 0.15) is 24.7 Å². The molecule has 0 N–H and O–H groups in total. The van der Waals surface area contributed by atoms with Crippen LogP contribution in [0.15, 0.2) is 24.3 Å². The number of rotatable bonds is 7. The van der Waals surface area contributed by atoms with Crippen LogP contribution in [0.3, 0.4) is 0 Å². The van der Waals surface area contributed by atoms with Crippen LogP contribution in [0.4, 0.5) is 0 Å². The highest BCUT2D eigenvalue weighted by Gasteiger charge is 2.12. The Kier molecular flexibility index (Phi) is 6.40. The molecule has 0 aliphatic heterocycles. The summed E-state index contributed by atoms with van der Waals surface area (Å²) in [5.74, 6) is 0.377. The van der Waals surface area contributed by atoms with Crippen LogP contribution in [0.5, 0.6) is 5.75 Å². The van der Waals surface area contributed by atoms with E-state index in [4.69, 9.17) is 9.47 Å². The molecule has 0 spiro atoms. The van der Waals surface area contributed by atoms with Crippen molar-refractivity contribution in [2.45, 2.75) is 46.0 Å². The van der Waals surface area contributed by atoms with Gasteiger partial charge in [0.15, 0.2) is 0 Å². The smallest absolute Gasteiger partial charge is 0.306 e. The minimum Gasteiger partial charge on any atom is -0.490 e. The van der Waals surface area contributed by atoms with Gasteiger partial charge in [0.2, 0.25) is 0 Å². The third-order valence-corrected chi connectivity index (χ3v) is 3.02. The van der Waals surface area contributed by atoms with Crippen LogP contribution < -0.4 is 4.74 Å². The topological polar surface area (TPSA) is 52.6 Å². The standard InChI is InChI=1S/C17H24O4/c1-13(18)5-10-16(19)21-12-11-20-15-8-6-14(7-9-15)17(2,3)4/h6-9H,5,10-12H2,1-4H3. The number of carbonyl (C=O) groups excluding carboxylic acids is 2. The molecule has 0 atom stereocenters. The summed E-state index contributed by atoms with van der Waals surface area (Å²) < 4.78 is 10.5. The van der Waals surface area contributed by atoms with Gasteiger partial charge in [0.25, 0.3) is 0 Å².